The van der Waals surface area contributed by atoms with E-state index in [-0.39, 0.29) is 12.0 Å². The molecule has 0 radical (unpaired) electrons. The molecule has 5 nitrogen and oxygen atoms in total. The van der Waals surface area contributed by atoms with Crippen molar-refractivity contribution in [3.63, 3.8) is 0 Å². The summed E-state index contributed by atoms with van der Waals surface area (Å²) in [5.41, 5.74) is 2.38. The minimum atomic E-state index is 0.0309. The van der Waals surface area contributed by atoms with Gasteiger partial charge in [-0.1, -0.05) is 36.8 Å². The molecule has 0 unspecified atom stereocenters. The van der Waals surface area contributed by atoms with Gasteiger partial charge in [0, 0.05) is 31.0 Å². The molecule has 4 rings (SSSR count). The van der Waals surface area contributed by atoms with E-state index in [2.05, 4.69) is 9.97 Å². The van der Waals surface area contributed by atoms with Crippen LogP contribution in [0.4, 0.5) is 0 Å². The third-order valence-corrected chi connectivity index (χ3v) is 5.57. The molecule has 2 aliphatic rings. The van der Waals surface area contributed by atoms with E-state index in [0.29, 0.717) is 18.2 Å². The van der Waals surface area contributed by atoms with Crippen molar-refractivity contribution in [2.45, 2.75) is 45.1 Å². The second-order valence-electron chi connectivity index (χ2n) is 7.57. The van der Waals surface area contributed by atoms with Crippen molar-refractivity contribution in [2.24, 2.45) is 5.92 Å². The van der Waals surface area contributed by atoms with Crippen LogP contribution in [0.2, 0.25) is 0 Å². The van der Waals surface area contributed by atoms with Crippen molar-refractivity contribution in [1.29, 1.82) is 0 Å². The average molecular weight is 353 g/mol. The van der Waals surface area contributed by atoms with E-state index in [1.165, 1.54) is 19.3 Å². The van der Waals surface area contributed by atoms with Crippen molar-refractivity contribution in [3.8, 4) is 11.4 Å². The maximum Gasteiger partial charge on any atom is 0.274 e. The Hall–Kier alpha value is -2.14. The highest BCUT2D eigenvalue weighted by Gasteiger charge is 2.30. The lowest BCUT2D eigenvalue weighted by Gasteiger charge is -2.33. The number of H-pyrrole nitrogens is 1. The number of amides is 1. The number of carbonyl (C=O) groups is 1. The minimum absolute atomic E-state index is 0.0309. The van der Waals surface area contributed by atoms with Crippen LogP contribution >= 0.6 is 0 Å². The predicted molar refractivity (Wildman–Crippen MR) is 101 cm³/mol. The molecule has 1 aliphatic carbocycles. The zero-order valence-corrected chi connectivity index (χ0v) is 15.4. The monoisotopic (exact) mass is 353 g/mol. The summed E-state index contributed by atoms with van der Waals surface area (Å²) in [4.78, 5) is 23.2. The number of nitrogens with zero attached hydrogens (tertiary/aromatic N) is 2. The lowest BCUT2D eigenvalue weighted by molar-refractivity contribution is 0.0443. The Kier molecular flexibility index (Phi) is 5.07. The van der Waals surface area contributed by atoms with Crippen molar-refractivity contribution >= 4 is 5.91 Å². The predicted octanol–water partition coefficient (Wildman–Crippen LogP) is 3.81. The molecule has 1 N–H and O–H groups in total. The zero-order chi connectivity index (χ0) is 17.9. The maximum atomic E-state index is 13.3. The molecule has 1 amide bonds. The van der Waals surface area contributed by atoms with Gasteiger partial charge >= 0.3 is 0 Å². The number of benzene rings is 1. The molecule has 1 aromatic heterocycles. The van der Waals surface area contributed by atoms with Crippen LogP contribution in [0.1, 0.15) is 48.3 Å². The Morgan fingerprint density at radius 3 is 2.65 bits per heavy atom. The molecule has 1 saturated carbocycles. The van der Waals surface area contributed by atoms with Gasteiger partial charge in [0.25, 0.3) is 5.91 Å². The molecule has 1 saturated heterocycles. The number of hydrogen-bond acceptors (Lipinski definition) is 3. The zero-order valence-electron chi connectivity index (χ0n) is 15.4. The molecule has 138 valence electrons. The van der Waals surface area contributed by atoms with Crippen LogP contribution in [0.3, 0.4) is 0 Å². The van der Waals surface area contributed by atoms with Crippen LogP contribution in [0.25, 0.3) is 11.4 Å². The molecule has 2 fully saturated rings. The molecular formula is C21H27N3O2. The largest absolute Gasteiger partial charge is 0.376 e. The fourth-order valence-corrected chi connectivity index (χ4v) is 3.81. The van der Waals surface area contributed by atoms with E-state index in [9.17, 15) is 4.79 Å². The highest BCUT2D eigenvalue weighted by atomic mass is 16.5. The fraction of sp³-hybridized carbons (Fsp3) is 0.524. The summed E-state index contributed by atoms with van der Waals surface area (Å²) in [6.45, 7) is 4.25. The van der Waals surface area contributed by atoms with Gasteiger partial charge in [-0.25, -0.2) is 4.98 Å². The number of aromatic nitrogens is 2. The second-order valence-corrected chi connectivity index (χ2v) is 7.57. The number of hydrogen-bond donors (Lipinski definition) is 1. The molecule has 5 heteroatoms. The Labute approximate surface area is 154 Å². The Morgan fingerprint density at radius 2 is 2.00 bits per heavy atom. The van der Waals surface area contributed by atoms with Crippen LogP contribution in [0, 0.1) is 12.8 Å². The topological polar surface area (TPSA) is 58.2 Å². The Balaban J connectivity index is 1.55. The standard InChI is InChI=1S/C21H27N3O2/c1-15-19(23-20(22-15)17-9-3-2-4-10-17)21(25)24(13-16-7-5-8-16)14-18-11-6-12-26-18/h2-4,9-10,16,18H,5-8,11-14H2,1H3,(H,22,23)/t18-/m0/s1. The first-order valence-corrected chi connectivity index (χ1v) is 9.73. The first kappa shape index (κ1) is 17.3. The summed E-state index contributed by atoms with van der Waals surface area (Å²) in [6.07, 6.45) is 6.05. The van der Waals surface area contributed by atoms with Gasteiger partial charge in [-0.15, -0.1) is 0 Å². The van der Waals surface area contributed by atoms with Crippen molar-refractivity contribution in [2.75, 3.05) is 19.7 Å². The minimum Gasteiger partial charge on any atom is -0.376 e. The van der Waals surface area contributed by atoms with Gasteiger partial charge in [0.15, 0.2) is 0 Å². The summed E-state index contributed by atoms with van der Waals surface area (Å²) in [5.74, 6) is 1.42. The summed E-state index contributed by atoms with van der Waals surface area (Å²) < 4.78 is 5.79. The number of aryl methyl sites for hydroxylation is 1. The summed E-state index contributed by atoms with van der Waals surface area (Å²) in [5, 5.41) is 0. The van der Waals surface area contributed by atoms with E-state index in [1.807, 2.05) is 42.2 Å². The fourth-order valence-electron chi connectivity index (χ4n) is 3.81. The quantitative estimate of drug-likeness (QED) is 0.859. The molecule has 26 heavy (non-hydrogen) atoms. The third-order valence-electron chi connectivity index (χ3n) is 5.57. The van der Waals surface area contributed by atoms with E-state index in [4.69, 9.17) is 4.74 Å². The highest BCUT2D eigenvalue weighted by Crippen LogP contribution is 2.29. The van der Waals surface area contributed by atoms with E-state index in [0.717, 1.165) is 43.1 Å². The molecule has 0 bridgehead atoms. The number of imidazole rings is 1. The van der Waals surface area contributed by atoms with Crippen molar-refractivity contribution in [1.82, 2.24) is 14.9 Å². The van der Waals surface area contributed by atoms with Crippen molar-refractivity contribution in [3.05, 3.63) is 41.7 Å². The van der Waals surface area contributed by atoms with Gasteiger partial charge in [-0.2, -0.15) is 0 Å². The summed E-state index contributed by atoms with van der Waals surface area (Å²) in [7, 11) is 0. The average Bonchev–Trinajstić information content (AvgIpc) is 3.26. The maximum absolute atomic E-state index is 13.3. The normalized spacial score (nSPS) is 20.1. The number of nitrogens with one attached hydrogen (secondary N) is 1. The second kappa shape index (κ2) is 7.62. The molecule has 2 heterocycles. The molecule has 1 aromatic carbocycles. The smallest absolute Gasteiger partial charge is 0.274 e. The lowest BCUT2D eigenvalue weighted by Crippen LogP contribution is -2.42. The van der Waals surface area contributed by atoms with Crippen molar-refractivity contribution < 1.29 is 9.53 Å². The van der Waals surface area contributed by atoms with Gasteiger partial charge in [0.05, 0.1) is 6.10 Å². The molecule has 1 aliphatic heterocycles. The van der Waals surface area contributed by atoms with Gasteiger partial charge in [-0.05, 0) is 38.5 Å². The Morgan fingerprint density at radius 1 is 1.19 bits per heavy atom. The number of aromatic amines is 1. The number of ether oxygens (including phenoxy) is 1. The summed E-state index contributed by atoms with van der Waals surface area (Å²) in [6, 6.07) is 9.95. The SMILES string of the molecule is Cc1[nH]c(-c2ccccc2)nc1C(=O)N(CC1CCC1)C[C@@H]1CCCO1. The van der Waals surface area contributed by atoms with Crippen LogP contribution in [-0.4, -0.2) is 46.6 Å². The highest BCUT2D eigenvalue weighted by molar-refractivity contribution is 5.94. The van der Waals surface area contributed by atoms with Crippen LogP contribution in [0.15, 0.2) is 30.3 Å². The Bertz CT molecular complexity index is 746. The van der Waals surface area contributed by atoms with Crippen LogP contribution in [-0.2, 0) is 4.74 Å². The third kappa shape index (κ3) is 3.68. The van der Waals surface area contributed by atoms with Crippen LogP contribution < -0.4 is 0 Å². The molecular weight excluding hydrogens is 326 g/mol. The number of carbonyl (C=O) groups excluding carboxylic acids is 1. The lowest BCUT2D eigenvalue weighted by atomic mass is 9.85. The van der Waals surface area contributed by atoms with Gasteiger partial charge in [0.1, 0.15) is 11.5 Å². The van der Waals surface area contributed by atoms with Gasteiger partial charge < -0.3 is 14.6 Å². The molecule has 0 spiro atoms. The van der Waals surface area contributed by atoms with Crippen LogP contribution in [0.5, 0.6) is 0 Å². The van der Waals surface area contributed by atoms with E-state index >= 15 is 0 Å². The first-order valence-electron chi connectivity index (χ1n) is 9.73. The first-order chi connectivity index (χ1) is 12.7. The number of rotatable bonds is 6. The van der Waals surface area contributed by atoms with E-state index in [1.54, 1.807) is 0 Å². The molecule has 1 atom stereocenters. The van der Waals surface area contributed by atoms with E-state index < -0.39 is 0 Å². The van der Waals surface area contributed by atoms with Gasteiger partial charge in [0.2, 0.25) is 0 Å². The molecule has 2 aromatic rings. The van der Waals surface area contributed by atoms with Gasteiger partial charge in [-0.3, -0.25) is 4.79 Å². The summed E-state index contributed by atoms with van der Waals surface area (Å²) >= 11 is 0.